The minimum absolute atomic E-state index is 0.320. The zero-order valence-corrected chi connectivity index (χ0v) is 16.1. The molecule has 1 nitrogen and oxygen atoms in total. The molecule has 0 unspecified atom stereocenters. The fraction of sp³-hybridized carbons (Fsp3) is 0.867. The number of rotatable bonds is 14. The smallest absolute Gasteiger partial charge is 0.0569 e. The van der Waals surface area contributed by atoms with Crippen LogP contribution in [0.15, 0.2) is 8.47 Å². The predicted octanol–water partition coefficient (Wildman–Crippen LogP) is 5.96. The standard InChI is InChI=1S/C15H30OS4/c1-2-3-4-6-9-12-19-14(17)15(18)20-13-10-7-5-8-11-16/h16-18H,2-13H2,1H3/b15-14-. The first-order valence-corrected chi connectivity index (χ1v) is 10.6. The molecule has 0 atom stereocenters. The summed E-state index contributed by atoms with van der Waals surface area (Å²) in [6.45, 7) is 2.57. The van der Waals surface area contributed by atoms with Gasteiger partial charge in [0.1, 0.15) is 0 Å². The van der Waals surface area contributed by atoms with Gasteiger partial charge in [0, 0.05) is 6.61 Å². The van der Waals surface area contributed by atoms with E-state index in [9.17, 15) is 0 Å². The molecule has 0 bridgehead atoms. The van der Waals surface area contributed by atoms with E-state index in [1.54, 1.807) is 11.8 Å². The van der Waals surface area contributed by atoms with Crippen LogP contribution >= 0.6 is 48.8 Å². The fourth-order valence-electron chi connectivity index (χ4n) is 1.73. The molecule has 0 aliphatic carbocycles. The lowest BCUT2D eigenvalue weighted by Gasteiger charge is -2.06. The molecule has 0 aromatic carbocycles. The van der Waals surface area contributed by atoms with E-state index in [1.165, 1.54) is 44.9 Å². The Bertz CT molecular complexity index is 220. The van der Waals surface area contributed by atoms with E-state index in [0.29, 0.717) is 6.61 Å². The Morgan fingerprint density at radius 1 is 0.750 bits per heavy atom. The Hall–Kier alpha value is 1.10. The average molecular weight is 355 g/mol. The molecule has 1 N–H and O–H groups in total. The SMILES string of the molecule is CCCCCCCS/C(S)=C(/S)SCCCCCCO. The second-order valence-corrected chi connectivity index (χ2v) is 8.57. The first-order valence-electron chi connectivity index (χ1n) is 7.71. The summed E-state index contributed by atoms with van der Waals surface area (Å²) < 4.78 is 2.14. The highest BCUT2D eigenvalue weighted by Crippen LogP contribution is 2.34. The van der Waals surface area contributed by atoms with Crippen molar-refractivity contribution < 1.29 is 5.11 Å². The normalized spacial score (nSPS) is 12.6. The highest BCUT2D eigenvalue weighted by molar-refractivity contribution is 8.21. The number of unbranched alkanes of at least 4 members (excludes halogenated alkanes) is 7. The highest BCUT2D eigenvalue weighted by atomic mass is 32.2. The topological polar surface area (TPSA) is 20.2 Å². The van der Waals surface area contributed by atoms with Crippen LogP contribution in [0.5, 0.6) is 0 Å². The molecular weight excluding hydrogens is 324 g/mol. The minimum Gasteiger partial charge on any atom is -0.396 e. The Labute approximate surface area is 145 Å². The molecule has 0 saturated carbocycles. The summed E-state index contributed by atoms with van der Waals surface area (Å²) >= 11 is 12.7. The van der Waals surface area contributed by atoms with Gasteiger partial charge in [0.25, 0.3) is 0 Å². The zero-order chi connectivity index (χ0) is 15.1. The summed E-state index contributed by atoms with van der Waals surface area (Å²) in [5, 5.41) is 8.70. The molecule has 0 fully saturated rings. The lowest BCUT2D eigenvalue weighted by atomic mass is 10.2. The molecule has 0 aromatic rings. The maximum Gasteiger partial charge on any atom is 0.0569 e. The highest BCUT2D eigenvalue weighted by Gasteiger charge is 2.01. The average Bonchev–Trinajstić information content (AvgIpc) is 2.45. The number of aliphatic hydroxyl groups excluding tert-OH is 1. The first kappa shape index (κ1) is 21.1. The molecule has 0 aliphatic heterocycles. The first-order chi connectivity index (χ1) is 9.72. The van der Waals surface area contributed by atoms with Gasteiger partial charge in [-0.05, 0) is 30.8 Å². The van der Waals surface area contributed by atoms with E-state index in [2.05, 4.69) is 32.2 Å². The van der Waals surface area contributed by atoms with E-state index in [4.69, 9.17) is 5.11 Å². The van der Waals surface area contributed by atoms with Gasteiger partial charge in [-0.1, -0.05) is 45.4 Å². The molecule has 120 valence electrons. The Morgan fingerprint density at radius 3 is 1.65 bits per heavy atom. The van der Waals surface area contributed by atoms with Crippen molar-refractivity contribution in [2.45, 2.75) is 64.7 Å². The van der Waals surface area contributed by atoms with Gasteiger partial charge in [0.15, 0.2) is 0 Å². The molecule has 5 heteroatoms. The van der Waals surface area contributed by atoms with Crippen LogP contribution in [0.25, 0.3) is 0 Å². The molecule has 0 rings (SSSR count). The molecule has 0 aliphatic rings. The van der Waals surface area contributed by atoms with Gasteiger partial charge in [-0.25, -0.2) is 0 Å². The van der Waals surface area contributed by atoms with E-state index >= 15 is 0 Å². The third-order valence-electron chi connectivity index (χ3n) is 2.96. The van der Waals surface area contributed by atoms with Crippen molar-refractivity contribution in [1.82, 2.24) is 0 Å². The van der Waals surface area contributed by atoms with E-state index in [1.807, 2.05) is 11.8 Å². The molecule has 0 aromatic heterocycles. The minimum atomic E-state index is 0.320. The second-order valence-electron chi connectivity index (χ2n) is 4.86. The molecule has 0 amide bonds. The lowest BCUT2D eigenvalue weighted by Crippen LogP contribution is -1.86. The van der Waals surface area contributed by atoms with Gasteiger partial charge in [0.2, 0.25) is 0 Å². The van der Waals surface area contributed by atoms with Crippen molar-refractivity contribution in [2.75, 3.05) is 18.1 Å². The van der Waals surface area contributed by atoms with Crippen LogP contribution in [0.4, 0.5) is 0 Å². The molecule has 20 heavy (non-hydrogen) atoms. The number of thiol groups is 2. The molecule has 0 heterocycles. The largest absolute Gasteiger partial charge is 0.396 e. The summed E-state index contributed by atoms with van der Waals surface area (Å²) in [4.78, 5) is 0. The predicted molar refractivity (Wildman–Crippen MR) is 104 cm³/mol. The Balaban J connectivity index is 3.52. The fourth-order valence-corrected chi connectivity index (χ4v) is 4.35. The molecule has 0 spiro atoms. The monoisotopic (exact) mass is 354 g/mol. The van der Waals surface area contributed by atoms with E-state index in [0.717, 1.165) is 32.8 Å². The lowest BCUT2D eigenvalue weighted by molar-refractivity contribution is 0.283. The third-order valence-corrected chi connectivity index (χ3v) is 6.73. The van der Waals surface area contributed by atoms with Crippen molar-refractivity contribution in [3.05, 3.63) is 8.47 Å². The third kappa shape index (κ3) is 14.1. The van der Waals surface area contributed by atoms with Crippen molar-refractivity contribution in [3.63, 3.8) is 0 Å². The van der Waals surface area contributed by atoms with Gasteiger partial charge >= 0.3 is 0 Å². The van der Waals surface area contributed by atoms with Crippen LogP contribution < -0.4 is 0 Å². The molecule has 0 radical (unpaired) electrons. The van der Waals surface area contributed by atoms with Gasteiger partial charge in [-0.3, -0.25) is 0 Å². The number of thioether (sulfide) groups is 2. The van der Waals surface area contributed by atoms with Crippen LogP contribution in [0.3, 0.4) is 0 Å². The Kier molecular flexibility index (Phi) is 17.4. The Morgan fingerprint density at radius 2 is 1.20 bits per heavy atom. The van der Waals surface area contributed by atoms with Gasteiger partial charge in [-0.15, -0.1) is 48.8 Å². The van der Waals surface area contributed by atoms with E-state index in [-0.39, 0.29) is 0 Å². The quantitative estimate of drug-likeness (QED) is 0.264. The molecular formula is C15H30OS4. The van der Waals surface area contributed by atoms with E-state index < -0.39 is 0 Å². The van der Waals surface area contributed by atoms with Gasteiger partial charge in [0.05, 0.1) is 8.47 Å². The summed E-state index contributed by atoms with van der Waals surface area (Å²) in [5.41, 5.74) is 0. The van der Waals surface area contributed by atoms with Crippen LogP contribution in [0.2, 0.25) is 0 Å². The summed E-state index contributed by atoms with van der Waals surface area (Å²) in [7, 11) is 0. The van der Waals surface area contributed by atoms with Crippen LogP contribution in [0, 0.1) is 0 Å². The number of hydrogen-bond donors (Lipinski definition) is 3. The zero-order valence-electron chi connectivity index (χ0n) is 12.6. The number of aliphatic hydroxyl groups is 1. The van der Waals surface area contributed by atoms with Gasteiger partial charge < -0.3 is 5.11 Å². The van der Waals surface area contributed by atoms with Gasteiger partial charge in [-0.2, -0.15) is 0 Å². The van der Waals surface area contributed by atoms with Crippen LogP contribution in [0.1, 0.15) is 64.7 Å². The van der Waals surface area contributed by atoms with Crippen molar-refractivity contribution in [1.29, 1.82) is 0 Å². The van der Waals surface area contributed by atoms with Crippen LogP contribution in [-0.4, -0.2) is 23.2 Å². The summed E-state index contributed by atoms with van der Waals surface area (Å²) in [5.74, 6) is 2.26. The van der Waals surface area contributed by atoms with Crippen molar-refractivity contribution in [3.8, 4) is 0 Å². The molecule has 0 saturated heterocycles. The second kappa shape index (κ2) is 16.5. The summed E-state index contributed by atoms with van der Waals surface area (Å²) in [6.07, 6.45) is 11.1. The number of hydrogen-bond acceptors (Lipinski definition) is 5. The maximum atomic E-state index is 8.70. The van der Waals surface area contributed by atoms with Crippen LogP contribution in [-0.2, 0) is 0 Å². The summed E-state index contributed by atoms with van der Waals surface area (Å²) in [6, 6.07) is 0. The van der Waals surface area contributed by atoms with Crippen molar-refractivity contribution >= 4 is 48.8 Å². The van der Waals surface area contributed by atoms with Crippen molar-refractivity contribution in [2.24, 2.45) is 0 Å². The maximum absolute atomic E-state index is 8.70.